The van der Waals surface area contributed by atoms with E-state index < -0.39 is 0 Å². The topological polar surface area (TPSA) is 38.0 Å². The van der Waals surface area contributed by atoms with Gasteiger partial charge in [0.25, 0.3) is 0 Å². The van der Waals surface area contributed by atoms with Crippen molar-refractivity contribution in [3.05, 3.63) is 35.4 Å². The summed E-state index contributed by atoms with van der Waals surface area (Å²) in [5, 5.41) is 3.84. The van der Waals surface area contributed by atoms with Crippen molar-refractivity contribution in [2.75, 3.05) is 6.54 Å². The zero-order valence-electron chi connectivity index (χ0n) is 12.9. The van der Waals surface area contributed by atoms with Gasteiger partial charge >= 0.3 is 0 Å². The third kappa shape index (κ3) is 3.07. The molecule has 2 aliphatic rings. The second-order valence-electron chi connectivity index (χ2n) is 7.46. The molecule has 2 nitrogen and oxygen atoms in total. The molecule has 2 fully saturated rings. The smallest absolute Gasteiger partial charge is 0.0449 e. The molecule has 0 amide bonds. The predicted molar refractivity (Wildman–Crippen MR) is 84.8 cm³/mol. The Balaban J connectivity index is 1.73. The Kier molecular flexibility index (Phi) is 3.87. The van der Waals surface area contributed by atoms with Crippen LogP contribution < -0.4 is 11.1 Å². The Bertz CT molecular complexity index is 462. The number of nitrogens with two attached hydrogens (primary N) is 1. The van der Waals surface area contributed by atoms with E-state index in [9.17, 15) is 0 Å². The van der Waals surface area contributed by atoms with Crippen LogP contribution in [0.25, 0.3) is 0 Å². The molecule has 2 saturated carbocycles. The summed E-state index contributed by atoms with van der Waals surface area (Å²) in [6, 6.07) is 9.86. The van der Waals surface area contributed by atoms with Crippen LogP contribution in [0.5, 0.6) is 0 Å². The van der Waals surface area contributed by atoms with Gasteiger partial charge in [0.05, 0.1) is 0 Å². The highest BCUT2D eigenvalue weighted by Crippen LogP contribution is 2.43. The summed E-state index contributed by atoms with van der Waals surface area (Å²) in [6.45, 7) is 5.45. The maximum Gasteiger partial charge on any atom is 0.0449 e. The van der Waals surface area contributed by atoms with Gasteiger partial charge < -0.3 is 11.1 Å². The fraction of sp³-hybridized carbons (Fsp3) is 0.667. The van der Waals surface area contributed by atoms with E-state index >= 15 is 0 Å². The molecule has 110 valence electrons. The molecule has 3 rings (SSSR count). The van der Waals surface area contributed by atoms with Crippen LogP contribution in [-0.2, 0) is 0 Å². The maximum atomic E-state index is 6.08. The van der Waals surface area contributed by atoms with Crippen LogP contribution in [0.15, 0.2) is 24.3 Å². The average molecular weight is 272 g/mol. The molecular weight excluding hydrogens is 244 g/mol. The number of hydrogen-bond acceptors (Lipinski definition) is 2. The van der Waals surface area contributed by atoms with Gasteiger partial charge in [0, 0.05) is 18.6 Å². The van der Waals surface area contributed by atoms with Gasteiger partial charge in [-0.2, -0.15) is 0 Å². The minimum absolute atomic E-state index is 0.325. The van der Waals surface area contributed by atoms with E-state index in [0.29, 0.717) is 24.0 Å². The second-order valence-corrected chi connectivity index (χ2v) is 7.46. The van der Waals surface area contributed by atoms with Gasteiger partial charge in [0.1, 0.15) is 0 Å². The molecule has 20 heavy (non-hydrogen) atoms. The Morgan fingerprint density at radius 2 is 2.00 bits per heavy atom. The van der Waals surface area contributed by atoms with Gasteiger partial charge in [-0.25, -0.2) is 0 Å². The summed E-state index contributed by atoms with van der Waals surface area (Å²) in [5.74, 6) is 0.794. The van der Waals surface area contributed by atoms with Crippen molar-refractivity contribution in [1.82, 2.24) is 5.32 Å². The first kappa shape index (κ1) is 14.1. The average Bonchev–Trinajstić information content (AvgIpc) is 3.21. The first-order valence-electron chi connectivity index (χ1n) is 8.14. The molecular formula is C18H28N2. The SMILES string of the molecule is CC1(C)CCC(NC(CN)c2ccccc2C2CC2)C1. The quantitative estimate of drug-likeness (QED) is 0.857. The zero-order chi connectivity index (χ0) is 14.2. The fourth-order valence-electron chi connectivity index (χ4n) is 3.74. The lowest BCUT2D eigenvalue weighted by Crippen LogP contribution is -2.36. The highest BCUT2D eigenvalue weighted by Gasteiger charge is 2.33. The van der Waals surface area contributed by atoms with Gasteiger partial charge in [0.15, 0.2) is 0 Å². The normalized spacial score (nSPS) is 26.6. The van der Waals surface area contributed by atoms with Crippen LogP contribution in [0.2, 0.25) is 0 Å². The summed E-state index contributed by atoms with van der Waals surface area (Å²) in [4.78, 5) is 0. The van der Waals surface area contributed by atoms with Crippen LogP contribution in [0, 0.1) is 5.41 Å². The minimum atomic E-state index is 0.325. The van der Waals surface area contributed by atoms with Crippen molar-refractivity contribution in [2.24, 2.45) is 11.1 Å². The molecule has 2 aliphatic carbocycles. The van der Waals surface area contributed by atoms with Crippen molar-refractivity contribution < 1.29 is 0 Å². The number of rotatable bonds is 5. The molecule has 0 aromatic heterocycles. The van der Waals surface area contributed by atoms with E-state index in [2.05, 4.69) is 43.4 Å². The molecule has 0 aliphatic heterocycles. The zero-order valence-corrected chi connectivity index (χ0v) is 12.9. The Morgan fingerprint density at radius 3 is 2.60 bits per heavy atom. The van der Waals surface area contributed by atoms with E-state index in [1.165, 1.54) is 43.2 Å². The van der Waals surface area contributed by atoms with Gasteiger partial charge in [-0.15, -0.1) is 0 Å². The van der Waals surface area contributed by atoms with Crippen molar-refractivity contribution in [3.8, 4) is 0 Å². The predicted octanol–water partition coefficient (Wildman–Crippen LogP) is 3.73. The third-order valence-electron chi connectivity index (χ3n) is 5.03. The second kappa shape index (κ2) is 5.50. The molecule has 0 heterocycles. The van der Waals surface area contributed by atoms with Crippen LogP contribution in [0.4, 0.5) is 0 Å². The van der Waals surface area contributed by atoms with Crippen LogP contribution in [-0.4, -0.2) is 12.6 Å². The number of benzene rings is 1. The van der Waals surface area contributed by atoms with Crippen molar-refractivity contribution >= 4 is 0 Å². The Hall–Kier alpha value is -0.860. The molecule has 2 heteroatoms. The standard InChI is InChI=1S/C18H28N2/c1-18(2)10-9-14(11-18)20-17(12-19)16-6-4-3-5-15(16)13-7-8-13/h3-6,13-14,17,20H,7-12,19H2,1-2H3. The first-order chi connectivity index (χ1) is 9.59. The van der Waals surface area contributed by atoms with Gasteiger partial charge in [-0.3, -0.25) is 0 Å². The highest BCUT2D eigenvalue weighted by atomic mass is 15.0. The first-order valence-corrected chi connectivity index (χ1v) is 8.14. The van der Waals surface area contributed by atoms with E-state index in [-0.39, 0.29) is 0 Å². The maximum absolute atomic E-state index is 6.08. The molecule has 3 N–H and O–H groups in total. The van der Waals surface area contributed by atoms with Gasteiger partial charge in [-0.1, -0.05) is 38.1 Å². The van der Waals surface area contributed by atoms with E-state index in [0.717, 1.165) is 5.92 Å². The molecule has 0 saturated heterocycles. The summed E-state index contributed by atoms with van der Waals surface area (Å²) in [5.41, 5.74) is 9.55. The summed E-state index contributed by atoms with van der Waals surface area (Å²) in [7, 11) is 0. The van der Waals surface area contributed by atoms with E-state index in [1.54, 1.807) is 0 Å². The molecule has 0 spiro atoms. The number of hydrogen-bond donors (Lipinski definition) is 2. The summed E-state index contributed by atoms with van der Waals surface area (Å²) in [6.07, 6.45) is 6.59. The molecule has 2 unspecified atom stereocenters. The van der Waals surface area contributed by atoms with Crippen molar-refractivity contribution in [3.63, 3.8) is 0 Å². The number of nitrogens with one attached hydrogen (secondary N) is 1. The van der Waals surface area contributed by atoms with Gasteiger partial charge in [-0.05, 0) is 54.6 Å². The lowest BCUT2D eigenvalue weighted by Gasteiger charge is -2.25. The highest BCUT2D eigenvalue weighted by molar-refractivity contribution is 5.35. The molecule has 1 aromatic carbocycles. The van der Waals surface area contributed by atoms with Crippen molar-refractivity contribution in [1.29, 1.82) is 0 Å². The fourth-order valence-corrected chi connectivity index (χ4v) is 3.74. The largest absolute Gasteiger partial charge is 0.329 e. The van der Waals surface area contributed by atoms with Crippen molar-refractivity contribution in [2.45, 2.75) is 64.0 Å². The van der Waals surface area contributed by atoms with Crippen LogP contribution in [0.3, 0.4) is 0 Å². The lowest BCUT2D eigenvalue weighted by atomic mass is 9.91. The molecule has 1 aromatic rings. The van der Waals surface area contributed by atoms with Crippen LogP contribution >= 0.6 is 0 Å². The van der Waals surface area contributed by atoms with E-state index in [4.69, 9.17) is 5.73 Å². The lowest BCUT2D eigenvalue weighted by molar-refractivity contribution is 0.353. The Morgan fingerprint density at radius 1 is 1.25 bits per heavy atom. The third-order valence-corrected chi connectivity index (χ3v) is 5.03. The van der Waals surface area contributed by atoms with Crippen LogP contribution in [0.1, 0.15) is 69.0 Å². The van der Waals surface area contributed by atoms with E-state index in [1.807, 2.05) is 0 Å². The monoisotopic (exact) mass is 272 g/mol. The Labute approximate surface area is 123 Å². The minimum Gasteiger partial charge on any atom is -0.329 e. The van der Waals surface area contributed by atoms with Gasteiger partial charge in [0.2, 0.25) is 0 Å². The molecule has 2 atom stereocenters. The summed E-state index contributed by atoms with van der Waals surface area (Å²) >= 11 is 0. The molecule has 0 radical (unpaired) electrons. The molecule has 0 bridgehead atoms. The summed E-state index contributed by atoms with van der Waals surface area (Å²) < 4.78 is 0.